The van der Waals surface area contributed by atoms with E-state index < -0.39 is 0 Å². The number of nitrogens with one attached hydrogen (secondary N) is 1. The van der Waals surface area contributed by atoms with Gasteiger partial charge in [-0.05, 0) is 52.7 Å². The Kier molecular flexibility index (Phi) is 5.37. The Bertz CT molecular complexity index is 630. The molecule has 4 heteroatoms. The van der Waals surface area contributed by atoms with Gasteiger partial charge in [-0.25, -0.2) is 4.39 Å². The lowest BCUT2D eigenvalue weighted by molar-refractivity contribution is 0.411. The largest absolute Gasteiger partial charge is 0.496 e. The van der Waals surface area contributed by atoms with Crippen LogP contribution in [0.25, 0.3) is 0 Å². The first-order valence-corrected chi connectivity index (χ1v) is 7.69. The maximum atomic E-state index is 14.4. The molecule has 112 valence electrons. The normalized spacial score (nSPS) is 12.2. The third kappa shape index (κ3) is 3.44. The van der Waals surface area contributed by atoms with Crippen molar-refractivity contribution >= 4 is 15.9 Å². The van der Waals surface area contributed by atoms with Crippen molar-refractivity contribution in [1.82, 2.24) is 5.32 Å². The molecule has 0 aliphatic heterocycles. The number of hydrogen-bond acceptors (Lipinski definition) is 2. The van der Waals surface area contributed by atoms with E-state index in [1.807, 2.05) is 44.2 Å². The third-order valence-corrected chi connectivity index (χ3v) is 4.07. The van der Waals surface area contributed by atoms with Crippen LogP contribution in [-0.4, -0.2) is 13.7 Å². The highest BCUT2D eigenvalue weighted by molar-refractivity contribution is 9.10. The molecule has 0 heterocycles. The molecule has 0 amide bonds. The summed E-state index contributed by atoms with van der Waals surface area (Å²) >= 11 is 3.25. The van der Waals surface area contributed by atoms with E-state index in [4.69, 9.17) is 4.74 Å². The highest BCUT2D eigenvalue weighted by atomic mass is 79.9. The first-order chi connectivity index (χ1) is 10.1. The maximum absolute atomic E-state index is 14.4. The van der Waals surface area contributed by atoms with Crippen LogP contribution in [0.5, 0.6) is 5.75 Å². The number of methoxy groups -OCH3 is 1. The first kappa shape index (κ1) is 16.0. The van der Waals surface area contributed by atoms with E-state index in [9.17, 15) is 4.39 Å². The van der Waals surface area contributed by atoms with Gasteiger partial charge in [-0.3, -0.25) is 0 Å². The predicted molar refractivity (Wildman–Crippen MR) is 87.4 cm³/mol. The SMILES string of the molecule is CCNC(c1ccc(OC)c(C)c1)c1cccc(Br)c1F. The van der Waals surface area contributed by atoms with Gasteiger partial charge in [0.25, 0.3) is 0 Å². The molecule has 2 aromatic carbocycles. The molecule has 0 bridgehead atoms. The smallest absolute Gasteiger partial charge is 0.142 e. The Balaban J connectivity index is 2.48. The standard InChI is InChI=1S/C17H19BrFNO/c1-4-20-17(13-6-5-7-14(18)16(13)19)12-8-9-15(21-3)11(2)10-12/h5-10,17,20H,4H2,1-3H3. The van der Waals surface area contributed by atoms with Crippen LogP contribution < -0.4 is 10.1 Å². The average Bonchev–Trinajstić information content (AvgIpc) is 2.48. The molecule has 2 rings (SSSR count). The molecule has 0 saturated heterocycles. The minimum Gasteiger partial charge on any atom is -0.496 e. The van der Waals surface area contributed by atoms with Gasteiger partial charge in [0.15, 0.2) is 0 Å². The van der Waals surface area contributed by atoms with Gasteiger partial charge in [-0.2, -0.15) is 0 Å². The van der Waals surface area contributed by atoms with E-state index in [-0.39, 0.29) is 11.9 Å². The summed E-state index contributed by atoms with van der Waals surface area (Å²) in [5, 5.41) is 3.35. The monoisotopic (exact) mass is 351 g/mol. The average molecular weight is 352 g/mol. The highest BCUT2D eigenvalue weighted by Crippen LogP contribution is 2.30. The second-order valence-corrected chi connectivity index (χ2v) is 5.72. The highest BCUT2D eigenvalue weighted by Gasteiger charge is 2.19. The number of rotatable bonds is 5. The lowest BCUT2D eigenvalue weighted by Gasteiger charge is -2.21. The minimum atomic E-state index is -0.225. The van der Waals surface area contributed by atoms with Gasteiger partial charge in [-0.1, -0.05) is 31.2 Å². The zero-order valence-electron chi connectivity index (χ0n) is 12.4. The second kappa shape index (κ2) is 7.05. The molecule has 0 spiro atoms. The van der Waals surface area contributed by atoms with Crippen LogP contribution in [0.4, 0.5) is 4.39 Å². The lowest BCUT2D eigenvalue weighted by atomic mass is 9.96. The Morgan fingerprint density at radius 2 is 2.05 bits per heavy atom. The summed E-state index contributed by atoms with van der Waals surface area (Å²) in [6.45, 7) is 4.75. The molecule has 0 fully saturated rings. The van der Waals surface area contributed by atoms with Crippen molar-refractivity contribution < 1.29 is 9.13 Å². The molecule has 21 heavy (non-hydrogen) atoms. The zero-order valence-corrected chi connectivity index (χ0v) is 14.0. The molecule has 0 radical (unpaired) electrons. The summed E-state index contributed by atoms with van der Waals surface area (Å²) in [5.74, 6) is 0.612. The minimum absolute atomic E-state index is 0.183. The van der Waals surface area contributed by atoms with E-state index >= 15 is 0 Å². The summed E-state index contributed by atoms with van der Waals surface area (Å²) in [5.41, 5.74) is 2.69. The van der Waals surface area contributed by atoms with E-state index in [0.29, 0.717) is 10.0 Å². The van der Waals surface area contributed by atoms with Gasteiger partial charge in [-0.15, -0.1) is 0 Å². The third-order valence-electron chi connectivity index (χ3n) is 3.45. The Labute approximate surface area is 133 Å². The van der Waals surface area contributed by atoms with Crippen molar-refractivity contribution in [2.75, 3.05) is 13.7 Å². The molecule has 2 aromatic rings. The fourth-order valence-electron chi connectivity index (χ4n) is 2.44. The van der Waals surface area contributed by atoms with Crippen LogP contribution in [0.3, 0.4) is 0 Å². The quantitative estimate of drug-likeness (QED) is 0.849. The van der Waals surface area contributed by atoms with Crippen LogP contribution in [0.15, 0.2) is 40.9 Å². The summed E-state index contributed by atoms with van der Waals surface area (Å²) in [7, 11) is 1.65. The van der Waals surface area contributed by atoms with E-state index in [0.717, 1.165) is 23.4 Å². The zero-order chi connectivity index (χ0) is 15.4. The Hall–Kier alpha value is -1.39. The maximum Gasteiger partial charge on any atom is 0.142 e. The second-order valence-electron chi connectivity index (χ2n) is 4.86. The fourth-order valence-corrected chi connectivity index (χ4v) is 2.82. The first-order valence-electron chi connectivity index (χ1n) is 6.90. The fraction of sp³-hybridized carbons (Fsp3) is 0.294. The molecule has 1 atom stereocenters. The Morgan fingerprint density at radius 3 is 2.67 bits per heavy atom. The number of benzene rings is 2. The summed E-state index contributed by atoms with van der Waals surface area (Å²) in [6.07, 6.45) is 0. The van der Waals surface area contributed by atoms with Gasteiger partial charge in [0.1, 0.15) is 11.6 Å². The number of halogens is 2. The van der Waals surface area contributed by atoms with Crippen molar-refractivity contribution in [3.63, 3.8) is 0 Å². The van der Waals surface area contributed by atoms with E-state index in [2.05, 4.69) is 21.2 Å². The molecule has 1 unspecified atom stereocenters. The van der Waals surface area contributed by atoms with Crippen LogP contribution >= 0.6 is 15.9 Å². The van der Waals surface area contributed by atoms with Gasteiger partial charge in [0, 0.05) is 5.56 Å². The van der Waals surface area contributed by atoms with Gasteiger partial charge in [0.05, 0.1) is 17.6 Å². The molecular formula is C17H19BrFNO. The van der Waals surface area contributed by atoms with Crippen LogP contribution in [0.2, 0.25) is 0 Å². The van der Waals surface area contributed by atoms with E-state index in [1.165, 1.54) is 0 Å². The van der Waals surface area contributed by atoms with Crippen LogP contribution in [0.1, 0.15) is 29.7 Å². The van der Waals surface area contributed by atoms with Crippen molar-refractivity contribution in [1.29, 1.82) is 0 Å². The molecule has 0 saturated carbocycles. The number of hydrogen-bond donors (Lipinski definition) is 1. The Morgan fingerprint density at radius 1 is 1.29 bits per heavy atom. The van der Waals surface area contributed by atoms with Crippen LogP contribution in [-0.2, 0) is 0 Å². The topological polar surface area (TPSA) is 21.3 Å². The number of ether oxygens (including phenoxy) is 1. The molecular weight excluding hydrogens is 333 g/mol. The van der Waals surface area contributed by atoms with Crippen molar-refractivity contribution in [3.05, 3.63) is 63.4 Å². The summed E-state index contributed by atoms with van der Waals surface area (Å²) < 4.78 is 20.2. The molecule has 2 nitrogen and oxygen atoms in total. The van der Waals surface area contributed by atoms with Gasteiger partial charge < -0.3 is 10.1 Å². The summed E-state index contributed by atoms with van der Waals surface area (Å²) in [4.78, 5) is 0. The van der Waals surface area contributed by atoms with Crippen LogP contribution in [0, 0.1) is 12.7 Å². The van der Waals surface area contributed by atoms with Crippen molar-refractivity contribution in [2.24, 2.45) is 0 Å². The lowest BCUT2D eigenvalue weighted by Crippen LogP contribution is -2.23. The molecule has 0 aliphatic carbocycles. The van der Waals surface area contributed by atoms with Gasteiger partial charge in [0.2, 0.25) is 0 Å². The predicted octanol–water partition coefficient (Wildman–Crippen LogP) is 4.60. The van der Waals surface area contributed by atoms with Crippen molar-refractivity contribution in [3.8, 4) is 5.75 Å². The number of aryl methyl sites for hydroxylation is 1. The molecule has 0 aliphatic rings. The van der Waals surface area contributed by atoms with Gasteiger partial charge >= 0.3 is 0 Å². The molecule has 1 N–H and O–H groups in total. The van der Waals surface area contributed by atoms with Crippen molar-refractivity contribution in [2.45, 2.75) is 19.9 Å². The summed E-state index contributed by atoms with van der Waals surface area (Å²) in [6, 6.07) is 11.1. The van der Waals surface area contributed by atoms with E-state index in [1.54, 1.807) is 13.2 Å². The molecule has 0 aromatic heterocycles.